The van der Waals surface area contributed by atoms with Crippen molar-refractivity contribution in [1.82, 2.24) is 19.5 Å². The van der Waals surface area contributed by atoms with Gasteiger partial charge in [0.1, 0.15) is 11.6 Å². The summed E-state index contributed by atoms with van der Waals surface area (Å²) >= 11 is 1.39. The van der Waals surface area contributed by atoms with Gasteiger partial charge in [-0.05, 0) is 29.8 Å². The third-order valence-electron chi connectivity index (χ3n) is 5.87. The summed E-state index contributed by atoms with van der Waals surface area (Å²) in [5.41, 5.74) is 1.47. The SMILES string of the molecule is CCc1nc2sc([C@@H](c3ccc(F)cc3)N3CCN(c4ccccc4F)CC3)c(O)n2n1. The number of anilines is 1. The van der Waals surface area contributed by atoms with E-state index in [2.05, 4.69) is 15.0 Å². The summed E-state index contributed by atoms with van der Waals surface area (Å²) in [6.45, 7) is 4.56. The summed E-state index contributed by atoms with van der Waals surface area (Å²) in [6, 6.07) is 12.9. The van der Waals surface area contributed by atoms with Gasteiger partial charge in [-0.3, -0.25) is 4.90 Å². The molecule has 0 saturated carbocycles. The molecule has 0 amide bonds. The van der Waals surface area contributed by atoms with Crippen LogP contribution in [0.3, 0.4) is 0 Å². The quantitative estimate of drug-likeness (QED) is 0.488. The number of piperazine rings is 1. The van der Waals surface area contributed by atoms with Crippen LogP contribution in [0.2, 0.25) is 0 Å². The molecule has 1 aliphatic rings. The van der Waals surface area contributed by atoms with Crippen LogP contribution in [0, 0.1) is 11.6 Å². The third kappa shape index (κ3) is 3.71. The van der Waals surface area contributed by atoms with Gasteiger partial charge in [0.05, 0.1) is 16.6 Å². The predicted octanol–water partition coefficient (Wildman–Crippen LogP) is 4.25. The first kappa shape index (κ1) is 20.8. The van der Waals surface area contributed by atoms with E-state index in [9.17, 15) is 13.9 Å². The Labute approximate surface area is 188 Å². The lowest BCUT2D eigenvalue weighted by molar-refractivity contribution is 0.210. The Bertz CT molecular complexity index is 1230. The van der Waals surface area contributed by atoms with Gasteiger partial charge in [-0.2, -0.15) is 4.52 Å². The highest BCUT2D eigenvalue weighted by atomic mass is 32.1. The number of nitrogens with zero attached hydrogens (tertiary/aromatic N) is 5. The van der Waals surface area contributed by atoms with Crippen molar-refractivity contribution in [3.8, 4) is 5.88 Å². The summed E-state index contributed by atoms with van der Waals surface area (Å²) in [5.74, 6) is 0.195. The van der Waals surface area contributed by atoms with Gasteiger partial charge in [0.25, 0.3) is 0 Å². The number of hydrogen-bond donors (Lipinski definition) is 1. The molecule has 0 unspecified atom stereocenters. The van der Waals surface area contributed by atoms with Crippen molar-refractivity contribution in [1.29, 1.82) is 0 Å². The molecule has 32 heavy (non-hydrogen) atoms. The fourth-order valence-electron chi connectivity index (χ4n) is 4.22. The molecule has 0 bridgehead atoms. The molecule has 2 aromatic carbocycles. The molecule has 1 atom stereocenters. The Hall–Kier alpha value is -3.04. The van der Waals surface area contributed by atoms with E-state index in [1.165, 1.54) is 34.1 Å². The Morgan fingerprint density at radius 1 is 1.03 bits per heavy atom. The van der Waals surface area contributed by atoms with Crippen LogP contribution < -0.4 is 4.90 Å². The molecule has 1 aliphatic heterocycles. The zero-order chi connectivity index (χ0) is 22.2. The third-order valence-corrected chi connectivity index (χ3v) is 6.94. The summed E-state index contributed by atoms with van der Waals surface area (Å²) in [4.78, 5) is 10.1. The largest absolute Gasteiger partial charge is 0.492 e. The minimum absolute atomic E-state index is 0.0584. The molecular weight excluding hydrogens is 432 g/mol. The maximum Gasteiger partial charge on any atom is 0.230 e. The van der Waals surface area contributed by atoms with Crippen LogP contribution in [0.1, 0.15) is 29.2 Å². The van der Waals surface area contributed by atoms with E-state index < -0.39 is 0 Å². The van der Waals surface area contributed by atoms with Crippen LogP contribution >= 0.6 is 11.3 Å². The minimum Gasteiger partial charge on any atom is -0.492 e. The van der Waals surface area contributed by atoms with E-state index in [1.807, 2.05) is 17.9 Å². The van der Waals surface area contributed by atoms with Crippen molar-refractivity contribution in [3.63, 3.8) is 0 Å². The molecule has 6 nitrogen and oxygen atoms in total. The molecular formula is C23H23F2N5OS. The van der Waals surface area contributed by atoms with Gasteiger partial charge in [0, 0.05) is 32.6 Å². The van der Waals surface area contributed by atoms with Gasteiger partial charge in [-0.1, -0.05) is 42.5 Å². The van der Waals surface area contributed by atoms with Crippen LogP contribution in [0.4, 0.5) is 14.5 Å². The average Bonchev–Trinajstić information content (AvgIpc) is 3.35. The molecule has 1 saturated heterocycles. The second-order valence-electron chi connectivity index (χ2n) is 7.79. The smallest absolute Gasteiger partial charge is 0.230 e. The second kappa shape index (κ2) is 8.48. The molecule has 0 radical (unpaired) electrons. The lowest BCUT2D eigenvalue weighted by Crippen LogP contribution is -2.48. The number of rotatable bonds is 5. The van der Waals surface area contributed by atoms with Gasteiger partial charge in [-0.15, -0.1) is 5.10 Å². The normalized spacial score (nSPS) is 16.0. The van der Waals surface area contributed by atoms with Gasteiger partial charge in [-0.25, -0.2) is 13.8 Å². The van der Waals surface area contributed by atoms with E-state index in [4.69, 9.17) is 0 Å². The van der Waals surface area contributed by atoms with Crippen molar-refractivity contribution in [2.45, 2.75) is 19.4 Å². The molecule has 1 fully saturated rings. The van der Waals surface area contributed by atoms with E-state index in [0.29, 0.717) is 53.9 Å². The highest BCUT2D eigenvalue weighted by Gasteiger charge is 2.32. The number of halogens is 2. The van der Waals surface area contributed by atoms with E-state index >= 15 is 0 Å². The fourth-order valence-corrected chi connectivity index (χ4v) is 5.36. The van der Waals surface area contributed by atoms with Gasteiger partial charge in [0.15, 0.2) is 5.82 Å². The number of aromatic hydroxyl groups is 1. The zero-order valence-electron chi connectivity index (χ0n) is 17.6. The maximum absolute atomic E-state index is 14.3. The van der Waals surface area contributed by atoms with Crippen LogP contribution in [0.15, 0.2) is 48.5 Å². The van der Waals surface area contributed by atoms with Crippen molar-refractivity contribution in [2.75, 3.05) is 31.1 Å². The monoisotopic (exact) mass is 455 g/mol. The standard InChI is InChI=1S/C23H23F2N5OS/c1-2-19-26-23-30(27-19)22(31)21(32-23)20(15-7-9-16(24)10-8-15)29-13-11-28(12-14-29)18-6-4-3-5-17(18)25/h3-10,20,31H,2,11-14H2,1H3/t20-/m1/s1. The summed E-state index contributed by atoms with van der Waals surface area (Å²) < 4.78 is 29.4. The minimum atomic E-state index is -0.309. The number of thiazole rings is 1. The molecule has 166 valence electrons. The Balaban J connectivity index is 1.48. The maximum atomic E-state index is 14.3. The summed E-state index contributed by atoms with van der Waals surface area (Å²) in [6.07, 6.45) is 0.683. The van der Waals surface area contributed by atoms with E-state index in [0.717, 1.165) is 5.56 Å². The fraction of sp³-hybridized carbons (Fsp3) is 0.304. The van der Waals surface area contributed by atoms with Gasteiger partial charge in [0.2, 0.25) is 10.8 Å². The van der Waals surface area contributed by atoms with Crippen molar-refractivity contribution < 1.29 is 13.9 Å². The highest BCUT2D eigenvalue weighted by molar-refractivity contribution is 7.17. The summed E-state index contributed by atoms with van der Waals surface area (Å²) in [7, 11) is 0. The lowest BCUT2D eigenvalue weighted by Gasteiger charge is -2.40. The van der Waals surface area contributed by atoms with Crippen molar-refractivity contribution in [2.24, 2.45) is 0 Å². The van der Waals surface area contributed by atoms with Gasteiger partial charge >= 0.3 is 0 Å². The van der Waals surface area contributed by atoms with Crippen molar-refractivity contribution >= 4 is 22.0 Å². The lowest BCUT2D eigenvalue weighted by atomic mass is 10.0. The zero-order valence-corrected chi connectivity index (χ0v) is 18.4. The molecule has 9 heteroatoms. The Kier molecular flexibility index (Phi) is 5.52. The number of fused-ring (bicyclic) bond motifs is 1. The van der Waals surface area contributed by atoms with Gasteiger partial charge < -0.3 is 10.0 Å². The number of hydrogen-bond acceptors (Lipinski definition) is 6. The molecule has 4 aromatic rings. The first-order chi connectivity index (χ1) is 15.5. The number of para-hydroxylation sites is 1. The average molecular weight is 456 g/mol. The molecule has 0 spiro atoms. The van der Waals surface area contributed by atoms with E-state index in [1.54, 1.807) is 24.3 Å². The highest BCUT2D eigenvalue weighted by Crippen LogP contribution is 2.40. The van der Waals surface area contributed by atoms with Crippen molar-refractivity contribution in [3.05, 3.63) is 76.4 Å². The Morgan fingerprint density at radius 3 is 2.41 bits per heavy atom. The molecule has 1 N–H and O–H groups in total. The molecule has 2 aromatic heterocycles. The number of aromatic nitrogens is 3. The van der Waals surface area contributed by atoms with Crippen LogP contribution in [0.5, 0.6) is 5.88 Å². The first-order valence-corrected chi connectivity index (χ1v) is 11.4. The topological polar surface area (TPSA) is 56.9 Å². The first-order valence-electron chi connectivity index (χ1n) is 10.6. The predicted molar refractivity (Wildman–Crippen MR) is 120 cm³/mol. The van der Waals surface area contributed by atoms with E-state index in [-0.39, 0.29) is 23.6 Å². The second-order valence-corrected chi connectivity index (χ2v) is 8.80. The van der Waals surface area contributed by atoms with Crippen LogP contribution in [0.25, 0.3) is 4.96 Å². The molecule has 5 rings (SSSR count). The Morgan fingerprint density at radius 2 is 1.75 bits per heavy atom. The summed E-state index contributed by atoms with van der Waals surface area (Å²) in [5, 5.41) is 15.4. The van der Waals surface area contributed by atoms with Crippen LogP contribution in [-0.2, 0) is 6.42 Å². The van der Waals surface area contributed by atoms with Crippen LogP contribution in [-0.4, -0.2) is 50.8 Å². The number of benzene rings is 2. The number of aryl methyl sites for hydroxylation is 1. The molecule has 0 aliphatic carbocycles. The molecule has 3 heterocycles.